The van der Waals surface area contributed by atoms with Gasteiger partial charge in [-0.3, -0.25) is 9.59 Å². The number of carbonyl (C=O) groups excluding carboxylic acids is 2. The van der Waals surface area contributed by atoms with E-state index in [1.54, 1.807) is 0 Å². The van der Waals surface area contributed by atoms with Crippen molar-refractivity contribution in [3.05, 3.63) is 59.9 Å². The SMILES string of the molecule is CC(=O)Nc1ccc(C)cc1.CC(=O)Nc1ccc(F)cc1. The second kappa shape index (κ2) is 8.56. The third-order valence-electron chi connectivity index (χ3n) is 2.54. The first kappa shape index (κ1) is 17.4. The number of aryl methyl sites for hydroxylation is 1. The summed E-state index contributed by atoms with van der Waals surface area (Å²) in [6.45, 7) is 4.92. The van der Waals surface area contributed by atoms with Gasteiger partial charge in [-0.15, -0.1) is 0 Å². The third-order valence-corrected chi connectivity index (χ3v) is 2.54. The molecule has 0 aromatic heterocycles. The lowest BCUT2D eigenvalue weighted by atomic mass is 10.2. The third kappa shape index (κ3) is 7.19. The molecule has 0 saturated heterocycles. The van der Waals surface area contributed by atoms with Gasteiger partial charge in [0.1, 0.15) is 5.82 Å². The van der Waals surface area contributed by atoms with Crippen molar-refractivity contribution in [2.45, 2.75) is 20.8 Å². The molecular formula is C17H19FN2O2. The van der Waals surface area contributed by atoms with E-state index in [2.05, 4.69) is 10.6 Å². The molecule has 22 heavy (non-hydrogen) atoms. The van der Waals surface area contributed by atoms with E-state index in [0.717, 1.165) is 5.69 Å². The minimum absolute atomic E-state index is 0.0335. The molecule has 0 unspecified atom stereocenters. The number of anilines is 2. The number of hydrogen-bond donors (Lipinski definition) is 2. The molecule has 4 nitrogen and oxygen atoms in total. The van der Waals surface area contributed by atoms with Crippen LogP contribution in [-0.2, 0) is 9.59 Å². The molecular weight excluding hydrogens is 283 g/mol. The highest BCUT2D eigenvalue weighted by Crippen LogP contribution is 2.08. The Hall–Kier alpha value is -2.69. The minimum atomic E-state index is -0.306. The van der Waals surface area contributed by atoms with Crippen LogP contribution in [0.4, 0.5) is 15.8 Å². The Morgan fingerprint density at radius 3 is 1.50 bits per heavy atom. The molecule has 0 aliphatic rings. The van der Waals surface area contributed by atoms with Crippen LogP contribution >= 0.6 is 0 Å². The second-order valence-corrected chi connectivity index (χ2v) is 4.74. The van der Waals surface area contributed by atoms with Crippen molar-refractivity contribution in [3.8, 4) is 0 Å². The van der Waals surface area contributed by atoms with Crippen LogP contribution in [0.3, 0.4) is 0 Å². The molecule has 5 heteroatoms. The topological polar surface area (TPSA) is 58.2 Å². The number of nitrogens with one attached hydrogen (secondary N) is 2. The van der Waals surface area contributed by atoms with Gasteiger partial charge in [0.15, 0.2) is 0 Å². The fourth-order valence-corrected chi connectivity index (χ4v) is 1.58. The van der Waals surface area contributed by atoms with Crippen molar-refractivity contribution in [1.82, 2.24) is 0 Å². The summed E-state index contributed by atoms with van der Waals surface area (Å²) in [7, 11) is 0. The van der Waals surface area contributed by atoms with Crippen LogP contribution in [0.15, 0.2) is 48.5 Å². The first-order valence-corrected chi connectivity index (χ1v) is 6.74. The molecule has 2 rings (SSSR count). The standard InChI is InChI=1S/C9H11NO.C8H8FNO/c1-7-3-5-9(6-4-7)10-8(2)11;1-6(11)10-8-4-2-7(9)3-5-8/h3-6H,1-2H3,(H,10,11);2-5H,1H3,(H,10,11). The van der Waals surface area contributed by atoms with E-state index < -0.39 is 0 Å². The summed E-state index contributed by atoms with van der Waals surface area (Å²) in [5.41, 5.74) is 2.65. The first-order chi connectivity index (χ1) is 10.4. The van der Waals surface area contributed by atoms with E-state index in [9.17, 15) is 14.0 Å². The van der Waals surface area contributed by atoms with Crippen molar-refractivity contribution in [1.29, 1.82) is 0 Å². The number of amides is 2. The van der Waals surface area contributed by atoms with Gasteiger partial charge in [-0.05, 0) is 43.3 Å². The zero-order valence-electron chi connectivity index (χ0n) is 12.8. The summed E-state index contributed by atoms with van der Waals surface area (Å²) in [5, 5.41) is 5.22. The zero-order valence-corrected chi connectivity index (χ0v) is 12.8. The quantitative estimate of drug-likeness (QED) is 0.888. The van der Waals surface area contributed by atoms with Gasteiger partial charge in [-0.1, -0.05) is 17.7 Å². The van der Waals surface area contributed by atoms with Crippen LogP contribution in [-0.4, -0.2) is 11.8 Å². The lowest BCUT2D eigenvalue weighted by molar-refractivity contribution is -0.115. The number of benzene rings is 2. The number of hydrogen-bond acceptors (Lipinski definition) is 2. The summed E-state index contributed by atoms with van der Waals surface area (Å²) in [6.07, 6.45) is 0. The monoisotopic (exact) mass is 302 g/mol. The lowest BCUT2D eigenvalue weighted by Crippen LogP contribution is -2.05. The van der Waals surface area contributed by atoms with Crippen LogP contribution in [0.5, 0.6) is 0 Å². The Labute approximate surface area is 129 Å². The maximum Gasteiger partial charge on any atom is 0.221 e. The molecule has 0 spiro atoms. The van der Waals surface area contributed by atoms with Crippen LogP contribution in [0.2, 0.25) is 0 Å². The van der Waals surface area contributed by atoms with Crippen molar-refractivity contribution in [3.63, 3.8) is 0 Å². The molecule has 116 valence electrons. The highest BCUT2D eigenvalue weighted by molar-refractivity contribution is 5.89. The average Bonchev–Trinajstić information content (AvgIpc) is 2.44. The second-order valence-electron chi connectivity index (χ2n) is 4.74. The van der Waals surface area contributed by atoms with E-state index in [0.29, 0.717) is 5.69 Å². The van der Waals surface area contributed by atoms with Crippen LogP contribution in [0, 0.1) is 12.7 Å². The molecule has 0 radical (unpaired) electrons. The van der Waals surface area contributed by atoms with Crippen molar-refractivity contribution >= 4 is 23.2 Å². The van der Waals surface area contributed by atoms with E-state index in [1.807, 2.05) is 31.2 Å². The number of carbonyl (C=O) groups is 2. The predicted octanol–water partition coefficient (Wildman–Crippen LogP) is 3.74. The fourth-order valence-electron chi connectivity index (χ4n) is 1.58. The van der Waals surface area contributed by atoms with E-state index in [1.165, 1.54) is 43.7 Å². The number of halogens is 1. The van der Waals surface area contributed by atoms with Crippen molar-refractivity contribution < 1.29 is 14.0 Å². The van der Waals surface area contributed by atoms with Gasteiger partial charge in [0.25, 0.3) is 0 Å². The number of rotatable bonds is 2. The molecule has 0 fully saturated rings. The maximum atomic E-state index is 12.3. The summed E-state index contributed by atoms with van der Waals surface area (Å²) < 4.78 is 12.3. The summed E-state index contributed by atoms with van der Waals surface area (Å²) in [4.78, 5) is 21.1. The molecule has 0 bridgehead atoms. The highest BCUT2D eigenvalue weighted by atomic mass is 19.1. The Balaban J connectivity index is 0.000000220. The molecule has 0 aliphatic carbocycles. The van der Waals surface area contributed by atoms with Gasteiger partial charge in [0.05, 0.1) is 0 Å². The normalized spacial score (nSPS) is 9.27. The Kier molecular flexibility index (Phi) is 6.76. The molecule has 2 aromatic rings. The molecule has 0 heterocycles. The van der Waals surface area contributed by atoms with Crippen LogP contribution in [0.25, 0.3) is 0 Å². The van der Waals surface area contributed by atoms with Gasteiger partial charge in [-0.2, -0.15) is 0 Å². The Morgan fingerprint density at radius 1 is 0.773 bits per heavy atom. The maximum absolute atomic E-state index is 12.3. The Morgan fingerprint density at radius 2 is 1.14 bits per heavy atom. The summed E-state index contributed by atoms with van der Waals surface area (Å²) in [6, 6.07) is 13.3. The molecule has 0 aliphatic heterocycles. The van der Waals surface area contributed by atoms with Gasteiger partial charge >= 0.3 is 0 Å². The van der Waals surface area contributed by atoms with Crippen LogP contribution < -0.4 is 10.6 Å². The highest BCUT2D eigenvalue weighted by Gasteiger charge is 1.94. The van der Waals surface area contributed by atoms with Gasteiger partial charge < -0.3 is 10.6 Å². The Bertz CT molecular complexity index is 565. The summed E-state index contributed by atoms with van der Waals surface area (Å²) in [5.74, 6) is -0.496. The fraction of sp³-hybridized carbons (Fsp3) is 0.176. The van der Waals surface area contributed by atoms with Gasteiger partial charge in [-0.25, -0.2) is 4.39 Å². The zero-order chi connectivity index (χ0) is 16.5. The van der Waals surface area contributed by atoms with Crippen molar-refractivity contribution in [2.24, 2.45) is 0 Å². The van der Waals surface area contributed by atoms with Crippen molar-refractivity contribution in [2.75, 3.05) is 10.6 Å². The molecule has 2 N–H and O–H groups in total. The summed E-state index contributed by atoms with van der Waals surface area (Å²) >= 11 is 0. The molecule has 0 atom stereocenters. The largest absolute Gasteiger partial charge is 0.326 e. The average molecular weight is 302 g/mol. The molecule has 2 amide bonds. The smallest absolute Gasteiger partial charge is 0.221 e. The van der Waals surface area contributed by atoms with E-state index in [-0.39, 0.29) is 17.6 Å². The first-order valence-electron chi connectivity index (χ1n) is 6.74. The van der Waals surface area contributed by atoms with Gasteiger partial charge in [0.2, 0.25) is 11.8 Å². The lowest BCUT2D eigenvalue weighted by Gasteiger charge is -2.00. The molecule has 2 aromatic carbocycles. The van der Waals surface area contributed by atoms with Gasteiger partial charge in [0, 0.05) is 25.2 Å². The minimum Gasteiger partial charge on any atom is -0.326 e. The van der Waals surface area contributed by atoms with E-state index >= 15 is 0 Å². The predicted molar refractivity (Wildman–Crippen MR) is 86.2 cm³/mol. The van der Waals surface area contributed by atoms with Crippen LogP contribution in [0.1, 0.15) is 19.4 Å². The molecule has 0 saturated carbocycles. The van der Waals surface area contributed by atoms with E-state index in [4.69, 9.17) is 0 Å².